The van der Waals surface area contributed by atoms with Gasteiger partial charge in [-0.05, 0) is 43.5 Å². The molecule has 0 bridgehead atoms. The number of nitrogens with zero attached hydrogens (tertiary/aromatic N) is 2. The lowest BCUT2D eigenvalue weighted by molar-refractivity contribution is -0.141. The van der Waals surface area contributed by atoms with Gasteiger partial charge in [0.1, 0.15) is 17.3 Å². The highest BCUT2D eigenvalue weighted by Gasteiger charge is 2.35. The number of benzene rings is 1. The zero-order valence-corrected chi connectivity index (χ0v) is 13.5. The van der Waals surface area contributed by atoms with Crippen LogP contribution in [-0.2, 0) is 6.18 Å². The van der Waals surface area contributed by atoms with Crippen molar-refractivity contribution in [3.63, 3.8) is 0 Å². The lowest BCUT2D eigenvalue weighted by Crippen LogP contribution is -2.39. The van der Waals surface area contributed by atoms with Crippen molar-refractivity contribution in [1.82, 2.24) is 14.9 Å². The van der Waals surface area contributed by atoms with E-state index in [9.17, 15) is 22.4 Å². The van der Waals surface area contributed by atoms with Crippen LogP contribution in [0.1, 0.15) is 46.2 Å². The zero-order valence-electron chi connectivity index (χ0n) is 13.5. The number of aryl methyl sites for hydroxylation is 1. The molecule has 0 aliphatic carbocycles. The van der Waals surface area contributed by atoms with E-state index in [4.69, 9.17) is 0 Å². The number of carbonyl (C=O) groups excluding carboxylic acids is 1. The Kier molecular flexibility index (Phi) is 4.53. The fraction of sp³-hybridized carbons (Fsp3) is 0.412. The van der Waals surface area contributed by atoms with Gasteiger partial charge in [0.2, 0.25) is 0 Å². The van der Waals surface area contributed by atoms with E-state index >= 15 is 0 Å². The SMILES string of the molecule is Cc1cc(F)ccc1C(=O)N1CCC[C@H](c2ncc(C(F)(F)F)[nH]2)C1. The van der Waals surface area contributed by atoms with Crippen LogP contribution in [0.25, 0.3) is 0 Å². The van der Waals surface area contributed by atoms with Gasteiger partial charge in [0.15, 0.2) is 0 Å². The summed E-state index contributed by atoms with van der Waals surface area (Å²) in [6.45, 7) is 2.44. The van der Waals surface area contributed by atoms with E-state index in [2.05, 4.69) is 9.97 Å². The van der Waals surface area contributed by atoms with Crippen molar-refractivity contribution in [2.24, 2.45) is 0 Å². The van der Waals surface area contributed by atoms with Crippen LogP contribution in [0, 0.1) is 12.7 Å². The van der Waals surface area contributed by atoms with Gasteiger partial charge in [-0.25, -0.2) is 9.37 Å². The molecule has 1 aromatic heterocycles. The summed E-state index contributed by atoms with van der Waals surface area (Å²) in [4.78, 5) is 20.4. The largest absolute Gasteiger partial charge is 0.432 e. The van der Waals surface area contributed by atoms with E-state index in [1.165, 1.54) is 18.2 Å². The lowest BCUT2D eigenvalue weighted by atomic mass is 9.96. The second kappa shape index (κ2) is 6.50. The van der Waals surface area contributed by atoms with Crippen LogP contribution in [0.5, 0.6) is 0 Å². The van der Waals surface area contributed by atoms with Crippen molar-refractivity contribution in [3.8, 4) is 0 Å². The number of halogens is 4. The molecule has 1 aromatic carbocycles. The molecular weight excluding hydrogens is 338 g/mol. The summed E-state index contributed by atoms with van der Waals surface area (Å²) in [7, 11) is 0. The Hall–Kier alpha value is -2.38. The Labute approximate surface area is 141 Å². The molecule has 1 atom stereocenters. The predicted octanol–water partition coefficient (Wildman–Crippen LogP) is 3.90. The van der Waals surface area contributed by atoms with Crippen LogP contribution in [0.4, 0.5) is 17.6 Å². The van der Waals surface area contributed by atoms with Gasteiger partial charge in [0.05, 0.1) is 6.20 Å². The standard InChI is InChI=1S/C17H17F4N3O/c1-10-7-12(18)4-5-13(10)16(25)24-6-2-3-11(9-24)15-22-8-14(23-15)17(19,20)21/h4-5,7-8,11H,2-3,6,9H2,1H3,(H,22,23)/t11-/m0/s1. The summed E-state index contributed by atoms with van der Waals surface area (Å²) < 4.78 is 51.3. The van der Waals surface area contributed by atoms with Gasteiger partial charge in [-0.1, -0.05) is 0 Å². The van der Waals surface area contributed by atoms with Crippen LogP contribution < -0.4 is 0 Å². The molecule has 134 valence electrons. The van der Waals surface area contributed by atoms with Crippen molar-refractivity contribution in [1.29, 1.82) is 0 Å². The average molecular weight is 355 g/mol. The highest BCUT2D eigenvalue weighted by molar-refractivity contribution is 5.95. The second-order valence-corrected chi connectivity index (χ2v) is 6.23. The first-order valence-corrected chi connectivity index (χ1v) is 7.93. The highest BCUT2D eigenvalue weighted by Crippen LogP contribution is 2.31. The lowest BCUT2D eigenvalue weighted by Gasteiger charge is -2.32. The van der Waals surface area contributed by atoms with Crippen molar-refractivity contribution < 1.29 is 22.4 Å². The van der Waals surface area contributed by atoms with E-state index in [0.29, 0.717) is 30.5 Å². The average Bonchev–Trinajstić information content (AvgIpc) is 3.05. The maximum atomic E-state index is 13.2. The number of alkyl halides is 3. The van der Waals surface area contributed by atoms with Gasteiger partial charge >= 0.3 is 6.18 Å². The molecule has 2 heterocycles. The topological polar surface area (TPSA) is 49.0 Å². The van der Waals surface area contributed by atoms with Crippen LogP contribution >= 0.6 is 0 Å². The van der Waals surface area contributed by atoms with Crippen LogP contribution in [0.2, 0.25) is 0 Å². The van der Waals surface area contributed by atoms with Gasteiger partial charge in [0.25, 0.3) is 5.91 Å². The number of amides is 1. The molecule has 8 heteroatoms. The molecule has 0 saturated carbocycles. The molecular formula is C17H17F4N3O. The number of aromatic amines is 1. The van der Waals surface area contributed by atoms with E-state index in [-0.39, 0.29) is 24.2 Å². The van der Waals surface area contributed by atoms with Gasteiger partial charge < -0.3 is 9.88 Å². The van der Waals surface area contributed by atoms with Gasteiger partial charge in [-0.15, -0.1) is 0 Å². The Morgan fingerprint density at radius 2 is 2.12 bits per heavy atom. The summed E-state index contributed by atoms with van der Waals surface area (Å²) in [5, 5.41) is 0. The van der Waals surface area contributed by atoms with Gasteiger partial charge in [-0.3, -0.25) is 4.79 Å². The minimum absolute atomic E-state index is 0.237. The highest BCUT2D eigenvalue weighted by atomic mass is 19.4. The number of aromatic nitrogens is 2. The number of carbonyl (C=O) groups is 1. The minimum atomic E-state index is -4.47. The molecule has 0 radical (unpaired) electrons. The number of likely N-dealkylation sites (tertiary alicyclic amines) is 1. The van der Waals surface area contributed by atoms with Crippen LogP contribution in [0.3, 0.4) is 0 Å². The second-order valence-electron chi connectivity index (χ2n) is 6.23. The molecule has 1 N–H and O–H groups in total. The number of hydrogen-bond acceptors (Lipinski definition) is 2. The molecule has 1 amide bonds. The van der Waals surface area contributed by atoms with Crippen molar-refractivity contribution in [2.45, 2.75) is 31.9 Å². The van der Waals surface area contributed by atoms with Crippen LogP contribution in [-0.4, -0.2) is 33.9 Å². The summed E-state index contributed by atoms with van der Waals surface area (Å²) >= 11 is 0. The molecule has 0 spiro atoms. The third-order valence-corrected chi connectivity index (χ3v) is 4.42. The summed E-state index contributed by atoms with van der Waals surface area (Å²) in [6.07, 6.45) is -2.38. The number of H-pyrrole nitrogens is 1. The molecule has 25 heavy (non-hydrogen) atoms. The van der Waals surface area contributed by atoms with E-state index in [1.807, 2.05) is 0 Å². The smallest absolute Gasteiger partial charge is 0.338 e. The fourth-order valence-electron chi connectivity index (χ4n) is 3.11. The van der Waals surface area contributed by atoms with E-state index in [0.717, 1.165) is 6.20 Å². The summed E-state index contributed by atoms with van der Waals surface area (Å²) in [5.41, 5.74) is 0.0438. The zero-order chi connectivity index (χ0) is 18.2. The number of nitrogens with one attached hydrogen (secondary N) is 1. The number of imidazole rings is 1. The maximum absolute atomic E-state index is 13.2. The molecule has 1 fully saturated rings. The first kappa shape index (κ1) is 17.4. The number of hydrogen-bond donors (Lipinski definition) is 1. The summed E-state index contributed by atoms with van der Waals surface area (Å²) in [5.74, 6) is -0.708. The normalized spacial score (nSPS) is 18.4. The van der Waals surface area contributed by atoms with Gasteiger partial charge in [-0.2, -0.15) is 13.2 Å². The first-order chi connectivity index (χ1) is 11.8. The third-order valence-electron chi connectivity index (χ3n) is 4.42. The predicted molar refractivity (Wildman–Crippen MR) is 82.6 cm³/mol. The molecule has 4 nitrogen and oxygen atoms in total. The molecule has 0 unspecified atom stereocenters. The molecule has 3 rings (SSSR count). The minimum Gasteiger partial charge on any atom is -0.338 e. The third kappa shape index (κ3) is 3.67. The van der Waals surface area contributed by atoms with Crippen molar-refractivity contribution >= 4 is 5.91 Å². The monoisotopic (exact) mass is 355 g/mol. The summed E-state index contributed by atoms with van der Waals surface area (Å²) in [6, 6.07) is 3.95. The van der Waals surface area contributed by atoms with Crippen LogP contribution in [0.15, 0.2) is 24.4 Å². The Morgan fingerprint density at radius 1 is 1.36 bits per heavy atom. The molecule has 1 aliphatic heterocycles. The molecule has 2 aromatic rings. The number of piperidine rings is 1. The Bertz CT molecular complexity index is 784. The first-order valence-electron chi connectivity index (χ1n) is 7.93. The van der Waals surface area contributed by atoms with Crippen molar-refractivity contribution in [3.05, 3.63) is 52.9 Å². The Balaban J connectivity index is 1.77. The van der Waals surface area contributed by atoms with Gasteiger partial charge in [0, 0.05) is 24.6 Å². The fourth-order valence-corrected chi connectivity index (χ4v) is 3.11. The maximum Gasteiger partial charge on any atom is 0.432 e. The quantitative estimate of drug-likeness (QED) is 0.831. The Morgan fingerprint density at radius 3 is 2.76 bits per heavy atom. The van der Waals surface area contributed by atoms with E-state index < -0.39 is 17.7 Å². The molecule has 1 saturated heterocycles. The van der Waals surface area contributed by atoms with E-state index in [1.54, 1.807) is 11.8 Å². The molecule has 1 aliphatic rings. The van der Waals surface area contributed by atoms with Crippen molar-refractivity contribution in [2.75, 3.05) is 13.1 Å². The number of rotatable bonds is 2.